The molecule has 3 aromatic rings. The Balaban J connectivity index is 1.34. The minimum Gasteiger partial charge on any atom is -0.487 e. The summed E-state index contributed by atoms with van der Waals surface area (Å²) in [7, 11) is 0. The van der Waals surface area contributed by atoms with E-state index in [4.69, 9.17) is 14.6 Å². The van der Waals surface area contributed by atoms with Gasteiger partial charge in [0.2, 0.25) is 4.96 Å². The van der Waals surface area contributed by atoms with Crippen LogP contribution in [0.15, 0.2) is 30.5 Å². The molecule has 1 amide bonds. The van der Waals surface area contributed by atoms with Gasteiger partial charge >= 0.3 is 6.09 Å². The van der Waals surface area contributed by atoms with E-state index in [1.807, 2.05) is 48.8 Å². The standard InChI is InChI=1S/C21H26N4O3S/c1-14(2)28-21(26)24-10-8-16(9-11-24)19-23-25-12-17(22-20(25)29-19)13-27-18-6-4-15(3)5-7-18/h4-7,12,14,16H,8-11,13H2,1-3H3. The van der Waals surface area contributed by atoms with E-state index in [0.29, 0.717) is 25.6 Å². The molecule has 0 atom stereocenters. The SMILES string of the molecule is Cc1ccc(OCc2cn3nc(C4CCN(C(=O)OC(C)C)CC4)sc3n2)cc1. The molecule has 0 N–H and O–H groups in total. The average molecular weight is 415 g/mol. The highest BCUT2D eigenvalue weighted by molar-refractivity contribution is 7.16. The Morgan fingerprint density at radius 2 is 1.97 bits per heavy atom. The molecule has 1 fully saturated rings. The maximum atomic E-state index is 12.0. The number of imidazole rings is 1. The molecule has 4 rings (SSSR count). The average Bonchev–Trinajstić information content (AvgIpc) is 3.26. The van der Waals surface area contributed by atoms with Crippen molar-refractivity contribution in [3.63, 3.8) is 0 Å². The van der Waals surface area contributed by atoms with Gasteiger partial charge in [-0.15, -0.1) is 0 Å². The van der Waals surface area contributed by atoms with Crippen molar-refractivity contribution in [2.45, 2.75) is 52.2 Å². The van der Waals surface area contributed by atoms with Crippen molar-refractivity contribution >= 4 is 22.4 Å². The summed E-state index contributed by atoms with van der Waals surface area (Å²) in [6.45, 7) is 7.62. The fourth-order valence-corrected chi connectivity index (χ4v) is 4.44. The molecule has 29 heavy (non-hydrogen) atoms. The Labute approximate surface area is 174 Å². The van der Waals surface area contributed by atoms with Crippen LogP contribution in [0.1, 0.15) is 48.9 Å². The number of ether oxygens (including phenoxy) is 2. The molecule has 3 heterocycles. The molecule has 0 unspecified atom stereocenters. The maximum absolute atomic E-state index is 12.0. The van der Waals surface area contributed by atoms with Crippen LogP contribution in [0.2, 0.25) is 0 Å². The van der Waals surface area contributed by atoms with Crippen molar-refractivity contribution in [2.24, 2.45) is 0 Å². The fourth-order valence-electron chi connectivity index (χ4n) is 3.37. The van der Waals surface area contributed by atoms with Crippen LogP contribution in [0, 0.1) is 6.92 Å². The van der Waals surface area contributed by atoms with Crippen LogP contribution in [-0.4, -0.2) is 44.8 Å². The van der Waals surface area contributed by atoms with Crippen LogP contribution >= 0.6 is 11.3 Å². The summed E-state index contributed by atoms with van der Waals surface area (Å²) in [5.74, 6) is 1.19. The molecule has 2 aromatic heterocycles. The highest BCUT2D eigenvalue weighted by Crippen LogP contribution is 2.31. The van der Waals surface area contributed by atoms with Crippen molar-refractivity contribution < 1.29 is 14.3 Å². The Morgan fingerprint density at radius 1 is 1.24 bits per heavy atom. The lowest BCUT2D eigenvalue weighted by Gasteiger charge is -2.30. The molecule has 154 valence electrons. The number of carbonyl (C=O) groups excluding carboxylic acids is 1. The molecule has 7 nitrogen and oxygen atoms in total. The Morgan fingerprint density at radius 3 is 2.62 bits per heavy atom. The van der Waals surface area contributed by atoms with Gasteiger partial charge in [-0.2, -0.15) is 5.10 Å². The highest BCUT2D eigenvalue weighted by Gasteiger charge is 2.27. The second-order valence-corrected chi connectivity index (χ2v) is 8.68. The molecule has 0 bridgehead atoms. The summed E-state index contributed by atoms with van der Waals surface area (Å²) in [6.07, 6.45) is 3.42. The van der Waals surface area contributed by atoms with E-state index in [9.17, 15) is 4.79 Å². The molecule has 8 heteroatoms. The van der Waals surface area contributed by atoms with E-state index in [1.54, 1.807) is 16.2 Å². The first-order valence-electron chi connectivity index (χ1n) is 9.98. The Kier molecular flexibility index (Phi) is 5.71. The van der Waals surface area contributed by atoms with E-state index in [1.165, 1.54) is 5.56 Å². The third-order valence-electron chi connectivity index (χ3n) is 4.96. The number of amides is 1. The molecular formula is C21H26N4O3S. The number of carbonyl (C=O) groups is 1. The van der Waals surface area contributed by atoms with E-state index >= 15 is 0 Å². The number of nitrogens with zero attached hydrogens (tertiary/aromatic N) is 4. The molecule has 1 aromatic carbocycles. The molecular weight excluding hydrogens is 388 g/mol. The van der Waals surface area contributed by atoms with Crippen molar-refractivity contribution in [3.8, 4) is 5.75 Å². The number of hydrogen-bond donors (Lipinski definition) is 0. The summed E-state index contributed by atoms with van der Waals surface area (Å²) < 4.78 is 12.9. The molecule has 0 radical (unpaired) electrons. The van der Waals surface area contributed by atoms with Gasteiger partial charge in [0, 0.05) is 19.0 Å². The molecule has 1 saturated heterocycles. The number of aromatic nitrogens is 3. The first kappa shape index (κ1) is 19.7. The first-order valence-corrected chi connectivity index (χ1v) is 10.8. The van der Waals surface area contributed by atoms with Crippen LogP contribution in [0.25, 0.3) is 4.96 Å². The van der Waals surface area contributed by atoms with E-state index < -0.39 is 0 Å². The van der Waals surface area contributed by atoms with Crippen LogP contribution < -0.4 is 4.74 Å². The largest absolute Gasteiger partial charge is 0.487 e. The third-order valence-corrected chi connectivity index (χ3v) is 6.04. The zero-order chi connectivity index (χ0) is 20.4. The third kappa shape index (κ3) is 4.70. The van der Waals surface area contributed by atoms with E-state index in [0.717, 1.165) is 34.3 Å². The van der Waals surface area contributed by atoms with Gasteiger partial charge in [-0.1, -0.05) is 29.0 Å². The monoisotopic (exact) mass is 414 g/mol. The maximum Gasteiger partial charge on any atom is 0.410 e. The van der Waals surface area contributed by atoms with Crippen molar-refractivity contribution in [3.05, 3.63) is 46.7 Å². The Bertz CT molecular complexity index is 940. The van der Waals surface area contributed by atoms with Crippen molar-refractivity contribution in [1.82, 2.24) is 19.5 Å². The summed E-state index contributed by atoms with van der Waals surface area (Å²) in [5, 5.41) is 5.80. The van der Waals surface area contributed by atoms with Gasteiger partial charge < -0.3 is 14.4 Å². The van der Waals surface area contributed by atoms with Crippen molar-refractivity contribution in [2.75, 3.05) is 13.1 Å². The van der Waals surface area contributed by atoms with E-state index in [2.05, 4.69) is 11.9 Å². The minimum atomic E-state index is -0.217. The van der Waals surface area contributed by atoms with E-state index in [-0.39, 0.29) is 12.2 Å². The fraction of sp³-hybridized carbons (Fsp3) is 0.476. The molecule has 0 saturated carbocycles. The van der Waals surface area contributed by atoms with Gasteiger partial charge in [-0.05, 0) is 45.7 Å². The van der Waals surface area contributed by atoms with Crippen LogP contribution in [0.5, 0.6) is 5.75 Å². The van der Waals surface area contributed by atoms with Gasteiger partial charge in [0.1, 0.15) is 17.4 Å². The first-order chi connectivity index (χ1) is 14.0. The smallest absolute Gasteiger partial charge is 0.410 e. The molecule has 0 spiro atoms. The van der Waals surface area contributed by atoms with Crippen LogP contribution in [0.3, 0.4) is 0 Å². The summed E-state index contributed by atoms with van der Waals surface area (Å²) >= 11 is 1.62. The number of fused-ring (bicyclic) bond motifs is 1. The number of aryl methyl sites for hydroxylation is 1. The second-order valence-electron chi connectivity index (χ2n) is 7.70. The van der Waals surface area contributed by atoms with Gasteiger partial charge in [0.05, 0.1) is 18.0 Å². The van der Waals surface area contributed by atoms with Gasteiger partial charge in [-0.3, -0.25) is 0 Å². The quantitative estimate of drug-likeness (QED) is 0.619. The van der Waals surface area contributed by atoms with Gasteiger partial charge in [0.15, 0.2) is 0 Å². The predicted molar refractivity (Wildman–Crippen MR) is 112 cm³/mol. The number of hydrogen-bond acceptors (Lipinski definition) is 6. The van der Waals surface area contributed by atoms with Crippen LogP contribution in [-0.2, 0) is 11.3 Å². The molecule has 1 aliphatic heterocycles. The topological polar surface area (TPSA) is 69.0 Å². The molecule has 1 aliphatic rings. The summed E-state index contributed by atoms with van der Waals surface area (Å²) in [4.78, 5) is 19.3. The van der Waals surface area contributed by atoms with Crippen molar-refractivity contribution in [1.29, 1.82) is 0 Å². The lowest BCUT2D eigenvalue weighted by atomic mass is 9.98. The van der Waals surface area contributed by atoms with Gasteiger partial charge in [0.25, 0.3) is 0 Å². The highest BCUT2D eigenvalue weighted by atomic mass is 32.1. The Hall–Kier alpha value is -2.61. The number of likely N-dealkylation sites (tertiary alicyclic amines) is 1. The minimum absolute atomic E-state index is 0.0869. The normalized spacial score (nSPS) is 15.2. The number of benzene rings is 1. The lowest BCUT2D eigenvalue weighted by molar-refractivity contribution is 0.0691. The lowest BCUT2D eigenvalue weighted by Crippen LogP contribution is -2.39. The number of piperidine rings is 1. The summed E-state index contributed by atoms with van der Waals surface area (Å²) in [5.41, 5.74) is 2.07. The number of rotatable bonds is 5. The zero-order valence-corrected chi connectivity index (χ0v) is 17.8. The van der Waals surface area contributed by atoms with Crippen LogP contribution in [0.4, 0.5) is 4.79 Å². The molecule has 0 aliphatic carbocycles. The van der Waals surface area contributed by atoms with Gasteiger partial charge in [-0.25, -0.2) is 14.3 Å². The second kappa shape index (κ2) is 8.41. The predicted octanol–water partition coefficient (Wildman–Crippen LogP) is 4.40. The zero-order valence-electron chi connectivity index (χ0n) is 17.0. The summed E-state index contributed by atoms with van der Waals surface area (Å²) in [6, 6.07) is 7.99.